The van der Waals surface area contributed by atoms with Crippen molar-refractivity contribution in [2.24, 2.45) is 0 Å². The van der Waals surface area contributed by atoms with E-state index in [1.54, 1.807) is 18.3 Å². The second-order valence-corrected chi connectivity index (χ2v) is 5.09. The SMILES string of the molecule is COC(=O)c1ccc(-c2nc(C3CC3)oc2Br)cn1. The quantitative estimate of drug-likeness (QED) is 0.812. The number of hydrogen-bond acceptors (Lipinski definition) is 5. The molecule has 1 fully saturated rings. The predicted molar refractivity (Wildman–Crippen MR) is 70.7 cm³/mol. The van der Waals surface area contributed by atoms with E-state index in [1.807, 2.05) is 0 Å². The van der Waals surface area contributed by atoms with Crippen LogP contribution in [-0.4, -0.2) is 23.0 Å². The first-order valence-electron chi connectivity index (χ1n) is 5.90. The summed E-state index contributed by atoms with van der Waals surface area (Å²) in [7, 11) is 1.33. The number of esters is 1. The molecule has 19 heavy (non-hydrogen) atoms. The van der Waals surface area contributed by atoms with Crippen molar-refractivity contribution in [1.82, 2.24) is 9.97 Å². The highest BCUT2D eigenvalue weighted by Gasteiger charge is 2.30. The first-order chi connectivity index (χ1) is 9.19. The van der Waals surface area contributed by atoms with E-state index in [0.717, 1.165) is 24.3 Å². The Morgan fingerprint density at radius 2 is 2.26 bits per heavy atom. The largest absolute Gasteiger partial charge is 0.464 e. The summed E-state index contributed by atoms with van der Waals surface area (Å²) in [5.41, 5.74) is 1.79. The summed E-state index contributed by atoms with van der Waals surface area (Å²) in [6, 6.07) is 3.39. The second kappa shape index (κ2) is 4.77. The summed E-state index contributed by atoms with van der Waals surface area (Å²) >= 11 is 3.36. The Morgan fingerprint density at radius 1 is 1.47 bits per heavy atom. The molecule has 0 aliphatic heterocycles. The van der Waals surface area contributed by atoms with Crippen LogP contribution in [0.1, 0.15) is 35.1 Å². The smallest absolute Gasteiger partial charge is 0.356 e. The van der Waals surface area contributed by atoms with Gasteiger partial charge in [0.1, 0.15) is 11.4 Å². The van der Waals surface area contributed by atoms with Crippen molar-refractivity contribution in [1.29, 1.82) is 0 Å². The van der Waals surface area contributed by atoms with Crippen molar-refractivity contribution < 1.29 is 13.9 Å². The van der Waals surface area contributed by atoms with Gasteiger partial charge in [-0.1, -0.05) is 0 Å². The minimum absolute atomic E-state index is 0.272. The van der Waals surface area contributed by atoms with Crippen LogP contribution in [0.3, 0.4) is 0 Å². The van der Waals surface area contributed by atoms with E-state index in [4.69, 9.17) is 4.42 Å². The average Bonchev–Trinajstić information content (AvgIpc) is 3.21. The molecule has 1 aliphatic rings. The lowest BCUT2D eigenvalue weighted by Gasteiger charge is -1.99. The zero-order valence-electron chi connectivity index (χ0n) is 10.2. The van der Waals surface area contributed by atoms with Crippen LogP contribution in [0.2, 0.25) is 0 Å². The summed E-state index contributed by atoms with van der Waals surface area (Å²) in [6.45, 7) is 0. The molecule has 2 aromatic rings. The molecule has 98 valence electrons. The van der Waals surface area contributed by atoms with Gasteiger partial charge in [0.05, 0.1) is 7.11 Å². The van der Waals surface area contributed by atoms with Gasteiger partial charge in [0, 0.05) is 17.7 Å². The summed E-state index contributed by atoms with van der Waals surface area (Å²) in [4.78, 5) is 19.8. The number of ether oxygens (including phenoxy) is 1. The summed E-state index contributed by atoms with van der Waals surface area (Å²) in [5, 5.41) is 0. The van der Waals surface area contributed by atoms with Crippen LogP contribution in [0.5, 0.6) is 0 Å². The van der Waals surface area contributed by atoms with Crippen LogP contribution in [0, 0.1) is 0 Å². The number of methoxy groups -OCH3 is 1. The third-order valence-corrected chi connectivity index (χ3v) is 3.50. The Balaban J connectivity index is 1.91. The molecule has 2 aromatic heterocycles. The Hall–Kier alpha value is -1.69. The normalized spacial score (nSPS) is 14.4. The van der Waals surface area contributed by atoms with E-state index >= 15 is 0 Å². The van der Waals surface area contributed by atoms with Crippen molar-refractivity contribution in [2.75, 3.05) is 7.11 Å². The molecule has 3 rings (SSSR count). The fourth-order valence-electron chi connectivity index (χ4n) is 1.76. The van der Waals surface area contributed by atoms with Crippen molar-refractivity contribution in [3.05, 3.63) is 34.6 Å². The molecular weight excluding hydrogens is 312 g/mol. The molecule has 0 aromatic carbocycles. The third kappa shape index (κ3) is 2.40. The molecule has 0 radical (unpaired) electrons. The number of aromatic nitrogens is 2. The van der Waals surface area contributed by atoms with Gasteiger partial charge < -0.3 is 9.15 Å². The lowest BCUT2D eigenvalue weighted by molar-refractivity contribution is 0.0594. The van der Waals surface area contributed by atoms with Gasteiger partial charge >= 0.3 is 5.97 Å². The molecule has 1 saturated carbocycles. The van der Waals surface area contributed by atoms with Gasteiger partial charge in [-0.05, 0) is 40.9 Å². The highest BCUT2D eigenvalue weighted by Crippen LogP contribution is 2.42. The van der Waals surface area contributed by atoms with Crippen LogP contribution < -0.4 is 0 Å². The highest BCUT2D eigenvalue weighted by atomic mass is 79.9. The molecule has 0 atom stereocenters. The van der Waals surface area contributed by atoms with E-state index in [0.29, 0.717) is 16.3 Å². The second-order valence-electron chi connectivity index (χ2n) is 4.37. The lowest BCUT2D eigenvalue weighted by Crippen LogP contribution is -2.03. The maximum atomic E-state index is 11.3. The van der Waals surface area contributed by atoms with Crippen LogP contribution in [0.15, 0.2) is 27.4 Å². The molecule has 0 N–H and O–H groups in total. The van der Waals surface area contributed by atoms with Crippen molar-refractivity contribution in [3.63, 3.8) is 0 Å². The van der Waals surface area contributed by atoms with Crippen LogP contribution in [0.4, 0.5) is 0 Å². The first kappa shape index (κ1) is 12.3. The van der Waals surface area contributed by atoms with E-state index < -0.39 is 5.97 Å². The maximum absolute atomic E-state index is 11.3. The Labute approximate surface area is 118 Å². The third-order valence-electron chi connectivity index (χ3n) is 2.96. The number of halogens is 1. The van der Waals surface area contributed by atoms with Gasteiger partial charge in [0.25, 0.3) is 0 Å². The standard InChI is InChI=1S/C13H11BrN2O3/c1-18-13(17)9-5-4-8(6-15-9)10-11(14)19-12(16-10)7-2-3-7/h4-7H,2-3H2,1H3. The maximum Gasteiger partial charge on any atom is 0.356 e. The average molecular weight is 323 g/mol. The van der Waals surface area contributed by atoms with Crippen molar-refractivity contribution >= 4 is 21.9 Å². The summed E-state index contributed by atoms with van der Waals surface area (Å²) in [6.07, 6.45) is 3.85. The predicted octanol–water partition coefficient (Wildman–Crippen LogP) is 3.16. The van der Waals surface area contributed by atoms with Gasteiger partial charge in [-0.15, -0.1) is 0 Å². The Morgan fingerprint density at radius 3 is 2.84 bits per heavy atom. The number of carbonyl (C=O) groups excluding carboxylic acids is 1. The van der Waals surface area contributed by atoms with Gasteiger partial charge in [0.15, 0.2) is 10.6 Å². The van der Waals surface area contributed by atoms with Gasteiger partial charge in [-0.25, -0.2) is 14.8 Å². The topological polar surface area (TPSA) is 65.2 Å². The molecular formula is C13H11BrN2O3. The zero-order chi connectivity index (χ0) is 13.4. The molecule has 5 nitrogen and oxygen atoms in total. The minimum atomic E-state index is -0.454. The van der Waals surface area contributed by atoms with E-state index in [1.165, 1.54) is 7.11 Å². The fraction of sp³-hybridized carbons (Fsp3) is 0.308. The molecule has 0 saturated heterocycles. The molecule has 6 heteroatoms. The number of oxazole rings is 1. The summed E-state index contributed by atoms with van der Waals surface area (Å²) in [5.74, 6) is 0.760. The monoisotopic (exact) mass is 322 g/mol. The minimum Gasteiger partial charge on any atom is -0.464 e. The van der Waals surface area contributed by atoms with Crippen molar-refractivity contribution in [3.8, 4) is 11.3 Å². The lowest BCUT2D eigenvalue weighted by atomic mass is 10.2. The van der Waals surface area contributed by atoms with E-state index in [2.05, 4.69) is 30.6 Å². The molecule has 0 unspecified atom stereocenters. The Kier molecular flexibility index (Phi) is 3.10. The highest BCUT2D eigenvalue weighted by molar-refractivity contribution is 9.10. The number of rotatable bonds is 3. The number of nitrogens with zero attached hydrogens (tertiary/aromatic N) is 2. The zero-order valence-corrected chi connectivity index (χ0v) is 11.8. The van der Waals surface area contributed by atoms with E-state index in [9.17, 15) is 4.79 Å². The van der Waals surface area contributed by atoms with Gasteiger partial charge in [-0.2, -0.15) is 0 Å². The first-order valence-corrected chi connectivity index (χ1v) is 6.69. The summed E-state index contributed by atoms with van der Waals surface area (Å²) < 4.78 is 10.8. The van der Waals surface area contributed by atoms with Crippen molar-refractivity contribution in [2.45, 2.75) is 18.8 Å². The van der Waals surface area contributed by atoms with Crippen LogP contribution in [-0.2, 0) is 4.74 Å². The van der Waals surface area contributed by atoms with Crippen LogP contribution in [0.25, 0.3) is 11.3 Å². The van der Waals surface area contributed by atoms with Gasteiger partial charge in [-0.3, -0.25) is 0 Å². The number of carbonyl (C=O) groups is 1. The molecule has 2 heterocycles. The Bertz CT molecular complexity index is 617. The number of pyridine rings is 1. The molecule has 1 aliphatic carbocycles. The van der Waals surface area contributed by atoms with Crippen LogP contribution >= 0.6 is 15.9 Å². The fourth-order valence-corrected chi connectivity index (χ4v) is 2.24. The van der Waals surface area contributed by atoms with E-state index in [-0.39, 0.29) is 5.69 Å². The molecule has 0 spiro atoms. The number of hydrogen-bond donors (Lipinski definition) is 0. The molecule has 0 amide bonds. The van der Waals surface area contributed by atoms with Gasteiger partial charge in [0.2, 0.25) is 0 Å². The molecule has 0 bridgehead atoms.